The summed E-state index contributed by atoms with van der Waals surface area (Å²) >= 11 is 0. The van der Waals surface area contributed by atoms with Gasteiger partial charge in [0, 0.05) is 29.5 Å². The van der Waals surface area contributed by atoms with Crippen LogP contribution in [-0.2, 0) is 6.42 Å². The van der Waals surface area contributed by atoms with E-state index < -0.39 is 0 Å². The minimum Gasteiger partial charge on any atom is -0.338 e. The highest BCUT2D eigenvalue weighted by Gasteiger charge is 2.28. The van der Waals surface area contributed by atoms with E-state index in [4.69, 9.17) is 4.98 Å². The summed E-state index contributed by atoms with van der Waals surface area (Å²) in [6, 6.07) is 20.8. The summed E-state index contributed by atoms with van der Waals surface area (Å²) in [5, 5.41) is 4.51. The number of hydrogen-bond donors (Lipinski definition) is 1. The van der Waals surface area contributed by atoms with Crippen molar-refractivity contribution in [3.05, 3.63) is 78.6 Å². The molecule has 1 unspecified atom stereocenters. The van der Waals surface area contributed by atoms with Crippen molar-refractivity contribution < 1.29 is 0 Å². The molecule has 3 heterocycles. The molecule has 5 rings (SSSR count). The van der Waals surface area contributed by atoms with Crippen LogP contribution in [0.5, 0.6) is 0 Å². The fraction of sp³-hybridized carbons (Fsp3) is 0.136. The van der Waals surface area contributed by atoms with E-state index in [9.17, 15) is 0 Å². The first-order valence-electron chi connectivity index (χ1n) is 9.10. The van der Waals surface area contributed by atoms with Crippen molar-refractivity contribution in [2.75, 3.05) is 10.2 Å². The molecule has 0 fully saturated rings. The number of aromatic nitrogens is 3. The second-order valence-electron chi connectivity index (χ2n) is 6.80. The van der Waals surface area contributed by atoms with Gasteiger partial charge in [-0.05, 0) is 43.2 Å². The zero-order valence-corrected chi connectivity index (χ0v) is 15.0. The van der Waals surface area contributed by atoms with Gasteiger partial charge in [0.05, 0.1) is 11.2 Å². The predicted molar refractivity (Wildman–Crippen MR) is 109 cm³/mol. The number of hydrogen-bond acceptors (Lipinski definition) is 5. The van der Waals surface area contributed by atoms with Crippen molar-refractivity contribution in [2.24, 2.45) is 0 Å². The number of fused-ring (bicyclic) bond motifs is 2. The van der Waals surface area contributed by atoms with E-state index in [2.05, 4.69) is 63.5 Å². The highest BCUT2D eigenvalue weighted by Crippen LogP contribution is 2.36. The lowest BCUT2D eigenvalue weighted by Gasteiger charge is -2.23. The maximum absolute atomic E-state index is 4.78. The Kier molecular flexibility index (Phi) is 3.71. The van der Waals surface area contributed by atoms with Gasteiger partial charge in [0.2, 0.25) is 5.95 Å². The summed E-state index contributed by atoms with van der Waals surface area (Å²) < 4.78 is 0. The summed E-state index contributed by atoms with van der Waals surface area (Å²) in [6.45, 7) is 2.21. The second-order valence-corrected chi connectivity index (χ2v) is 6.80. The third-order valence-electron chi connectivity index (χ3n) is 4.96. The molecule has 27 heavy (non-hydrogen) atoms. The quantitative estimate of drug-likeness (QED) is 0.570. The molecule has 1 aliphatic heterocycles. The van der Waals surface area contributed by atoms with E-state index >= 15 is 0 Å². The van der Waals surface area contributed by atoms with Gasteiger partial charge in [0.25, 0.3) is 0 Å². The highest BCUT2D eigenvalue weighted by atomic mass is 15.3. The highest BCUT2D eigenvalue weighted by molar-refractivity contribution is 5.91. The van der Waals surface area contributed by atoms with Gasteiger partial charge in [0.1, 0.15) is 5.82 Å². The lowest BCUT2D eigenvalue weighted by atomic mass is 10.1. The third kappa shape index (κ3) is 2.77. The SMILES string of the molecule is CC1Cc2ccccc2N1c1nccc(Nc2cccc3cccnc23)n1. The standard InChI is InChI=1S/C22H19N5/c1-15-14-17-6-2-3-10-19(17)27(15)22-24-13-11-20(26-22)25-18-9-4-7-16-8-5-12-23-21(16)18/h2-13,15H,14H2,1H3,(H,24,25,26). The molecular formula is C22H19N5. The smallest absolute Gasteiger partial charge is 0.232 e. The van der Waals surface area contributed by atoms with Gasteiger partial charge in [-0.25, -0.2) is 4.98 Å². The number of pyridine rings is 1. The molecule has 4 aromatic rings. The average Bonchev–Trinajstić information content (AvgIpc) is 3.04. The molecule has 5 nitrogen and oxygen atoms in total. The summed E-state index contributed by atoms with van der Waals surface area (Å²) in [7, 11) is 0. The van der Waals surface area contributed by atoms with Crippen LogP contribution in [-0.4, -0.2) is 21.0 Å². The molecule has 1 aliphatic rings. The van der Waals surface area contributed by atoms with Crippen LogP contribution in [0.1, 0.15) is 12.5 Å². The zero-order chi connectivity index (χ0) is 18.2. The summed E-state index contributed by atoms with van der Waals surface area (Å²) in [5.74, 6) is 1.47. The van der Waals surface area contributed by atoms with Crippen LogP contribution in [0.15, 0.2) is 73.1 Å². The van der Waals surface area contributed by atoms with Gasteiger partial charge in [-0.15, -0.1) is 0 Å². The molecule has 0 bridgehead atoms. The summed E-state index contributed by atoms with van der Waals surface area (Å²) in [4.78, 5) is 16.0. The molecule has 0 amide bonds. The van der Waals surface area contributed by atoms with E-state index in [-0.39, 0.29) is 0 Å². The van der Waals surface area contributed by atoms with Crippen molar-refractivity contribution >= 4 is 34.0 Å². The molecule has 2 aromatic heterocycles. The molecule has 0 spiro atoms. The van der Waals surface area contributed by atoms with Crippen LogP contribution in [0.4, 0.5) is 23.1 Å². The molecule has 5 heteroatoms. The molecule has 0 aliphatic carbocycles. The second kappa shape index (κ2) is 6.36. The van der Waals surface area contributed by atoms with Gasteiger partial charge in [0.15, 0.2) is 0 Å². The van der Waals surface area contributed by atoms with Crippen LogP contribution >= 0.6 is 0 Å². The Labute approximate surface area is 157 Å². The molecule has 0 radical (unpaired) electrons. The Hall–Kier alpha value is -3.47. The van der Waals surface area contributed by atoms with Gasteiger partial charge in [-0.1, -0.05) is 36.4 Å². The lowest BCUT2D eigenvalue weighted by Crippen LogP contribution is -2.25. The van der Waals surface area contributed by atoms with Crippen molar-refractivity contribution in [2.45, 2.75) is 19.4 Å². The largest absolute Gasteiger partial charge is 0.338 e. The monoisotopic (exact) mass is 353 g/mol. The first-order valence-corrected chi connectivity index (χ1v) is 9.10. The third-order valence-corrected chi connectivity index (χ3v) is 4.96. The maximum atomic E-state index is 4.78. The molecule has 2 aromatic carbocycles. The van der Waals surface area contributed by atoms with Crippen molar-refractivity contribution in [3.8, 4) is 0 Å². The molecule has 1 atom stereocenters. The number of nitrogens with one attached hydrogen (secondary N) is 1. The van der Waals surface area contributed by atoms with Crippen molar-refractivity contribution in [3.63, 3.8) is 0 Å². The summed E-state index contributed by atoms with van der Waals surface area (Å²) in [6.07, 6.45) is 4.61. The van der Waals surface area contributed by atoms with Crippen LogP contribution in [0, 0.1) is 0 Å². The zero-order valence-electron chi connectivity index (χ0n) is 15.0. The first-order chi connectivity index (χ1) is 13.3. The number of anilines is 4. The molecular weight excluding hydrogens is 334 g/mol. The van der Waals surface area contributed by atoms with Crippen LogP contribution in [0.25, 0.3) is 10.9 Å². The van der Waals surface area contributed by atoms with E-state index in [1.807, 2.05) is 30.5 Å². The fourth-order valence-corrected chi connectivity index (χ4v) is 3.75. The first kappa shape index (κ1) is 15.8. The Bertz CT molecular complexity index is 1120. The molecule has 1 N–H and O–H groups in total. The van der Waals surface area contributed by atoms with E-state index in [0.717, 1.165) is 28.8 Å². The van der Waals surface area contributed by atoms with Gasteiger partial charge in [-0.2, -0.15) is 4.98 Å². The Morgan fingerprint density at radius 2 is 1.81 bits per heavy atom. The van der Waals surface area contributed by atoms with Crippen LogP contribution in [0.2, 0.25) is 0 Å². The number of para-hydroxylation sites is 2. The molecule has 0 saturated carbocycles. The van der Waals surface area contributed by atoms with Gasteiger partial charge < -0.3 is 10.2 Å². The minimum absolute atomic E-state index is 0.330. The predicted octanol–water partition coefficient (Wildman–Crippen LogP) is 4.85. The molecule has 0 saturated heterocycles. The minimum atomic E-state index is 0.330. The van der Waals surface area contributed by atoms with Crippen molar-refractivity contribution in [1.29, 1.82) is 0 Å². The van der Waals surface area contributed by atoms with Crippen molar-refractivity contribution in [1.82, 2.24) is 15.0 Å². The Balaban J connectivity index is 1.51. The normalized spacial score (nSPS) is 15.7. The van der Waals surface area contributed by atoms with Gasteiger partial charge in [-0.3, -0.25) is 4.98 Å². The van der Waals surface area contributed by atoms with Gasteiger partial charge >= 0.3 is 0 Å². The number of rotatable bonds is 3. The Morgan fingerprint density at radius 3 is 2.78 bits per heavy atom. The average molecular weight is 353 g/mol. The van der Waals surface area contributed by atoms with E-state index in [0.29, 0.717) is 12.0 Å². The topological polar surface area (TPSA) is 53.9 Å². The lowest BCUT2D eigenvalue weighted by molar-refractivity contribution is 0.740. The van der Waals surface area contributed by atoms with Crippen LogP contribution in [0.3, 0.4) is 0 Å². The summed E-state index contributed by atoms with van der Waals surface area (Å²) in [5.41, 5.74) is 4.40. The van der Waals surface area contributed by atoms with E-state index in [1.165, 1.54) is 11.3 Å². The fourth-order valence-electron chi connectivity index (χ4n) is 3.75. The number of benzene rings is 2. The Morgan fingerprint density at radius 1 is 0.926 bits per heavy atom. The van der Waals surface area contributed by atoms with Crippen LogP contribution < -0.4 is 10.2 Å². The number of nitrogens with zero attached hydrogens (tertiary/aromatic N) is 4. The molecule has 132 valence electrons. The maximum Gasteiger partial charge on any atom is 0.232 e. The van der Waals surface area contributed by atoms with E-state index in [1.54, 1.807) is 6.20 Å².